The van der Waals surface area contributed by atoms with E-state index in [4.69, 9.17) is 4.98 Å². The van der Waals surface area contributed by atoms with Gasteiger partial charge in [0.2, 0.25) is 5.13 Å². The molecule has 1 aliphatic heterocycles. The molecule has 3 aromatic rings. The highest BCUT2D eigenvalue weighted by Crippen LogP contribution is 2.23. The maximum atomic E-state index is 12.9. The largest absolute Gasteiger partial charge is 0.343 e. The Hall–Kier alpha value is -2.73. The minimum Gasteiger partial charge on any atom is -0.343 e. The van der Waals surface area contributed by atoms with Crippen LogP contribution in [0.25, 0.3) is 0 Å². The van der Waals surface area contributed by atoms with Crippen molar-refractivity contribution in [1.29, 1.82) is 0 Å². The fourth-order valence-corrected chi connectivity index (χ4v) is 4.35. The average Bonchev–Trinajstić information content (AvgIpc) is 3.18. The quantitative estimate of drug-likeness (QED) is 0.655. The lowest BCUT2D eigenvalue weighted by Gasteiger charge is -2.39. The van der Waals surface area contributed by atoms with Gasteiger partial charge in [0.1, 0.15) is 5.82 Å². The monoisotopic (exact) mass is 406 g/mol. The van der Waals surface area contributed by atoms with Gasteiger partial charge in [0, 0.05) is 49.2 Å². The Labute approximate surface area is 176 Å². The Morgan fingerprint density at radius 2 is 1.69 bits per heavy atom. The Bertz CT molecular complexity index is 981. The number of carbonyl (C=O) groups is 1. The van der Waals surface area contributed by atoms with Gasteiger partial charge in [0.15, 0.2) is 0 Å². The highest BCUT2D eigenvalue weighted by atomic mass is 32.1. The van der Waals surface area contributed by atoms with Crippen LogP contribution in [-0.2, 0) is 6.42 Å². The summed E-state index contributed by atoms with van der Waals surface area (Å²) in [7, 11) is 0. The molecular weight excluding hydrogens is 380 g/mol. The summed E-state index contributed by atoms with van der Waals surface area (Å²) in [6.45, 7) is 8.48. The third-order valence-corrected chi connectivity index (χ3v) is 6.21. The number of aryl methyl sites for hydroxylation is 2. The first kappa shape index (κ1) is 19.6. The van der Waals surface area contributed by atoms with Gasteiger partial charge >= 0.3 is 0 Å². The van der Waals surface area contributed by atoms with Crippen molar-refractivity contribution < 1.29 is 4.79 Å². The van der Waals surface area contributed by atoms with E-state index >= 15 is 0 Å². The molecule has 1 amide bonds. The molecule has 0 radical (unpaired) electrons. The molecular formula is C23H26N4OS. The van der Waals surface area contributed by atoms with E-state index in [9.17, 15) is 4.79 Å². The number of nitrogens with zero attached hydrogens (tertiary/aromatic N) is 4. The Morgan fingerprint density at radius 1 is 1.03 bits per heavy atom. The first-order valence-corrected chi connectivity index (χ1v) is 10.8. The van der Waals surface area contributed by atoms with Crippen LogP contribution in [0.3, 0.4) is 0 Å². The Kier molecular flexibility index (Phi) is 5.62. The highest BCUT2D eigenvalue weighted by molar-refractivity contribution is 7.09. The van der Waals surface area contributed by atoms with Crippen molar-refractivity contribution in [2.75, 3.05) is 24.5 Å². The van der Waals surface area contributed by atoms with E-state index in [-0.39, 0.29) is 11.9 Å². The van der Waals surface area contributed by atoms with Crippen LogP contribution in [0.2, 0.25) is 0 Å². The lowest BCUT2D eigenvalue weighted by molar-refractivity contribution is 0.0674. The van der Waals surface area contributed by atoms with Gasteiger partial charge in [-0.05, 0) is 38.5 Å². The van der Waals surface area contributed by atoms with Crippen LogP contribution in [0.5, 0.6) is 0 Å². The molecule has 0 bridgehead atoms. The van der Waals surface area contributed by atoms with E-state index in [1.54, 1.807) is 0 Å². The zero-order valence-electron chi connectivity index (χ0n) is 17.1. The average molecular weight is 407 g/mol. The zero-order valence-corrected chi connectivity index (χ0v) is 17.9. The summed E-state index contributed by atoms with van der Waals surface area (Å²) in [4.78, 5) is 21.8. The van der Waals surface area contributed by atoms with Crippen LogP contribution in [0.4, 0.5) is 5.13 Å². The molecule has 1 aromatic heterocycles. The summed E-state index contributed by atoms with van der Waals surface area (Å²) in [6.07, 6.45) is 0.748. The van der Waals surface area contributed by atoms with Crippen LogP contribution in [-0.4, -0.2) is 45.8 Å². The number of rotatable bonds is 4. The molecule has 1 saturated heterocycles. The molecule has 29 heavy (non-hydrogen) atoms. The molecule has 2 heterocycles. The molecule has 0 spiro atoms. The van der Waals surface area contributed by atoms with Gasteiger partial charge in [-0.2, -0.15) is 4.37 Å². The van der Waals surface area contributed by atoms with Crippen molar-refractivity contribution in [2.24, 2.45) is 0 Å². The summed E-state index contributed by atoms with van der Waals surface area (Å²) in [6, 6.07) is 16.4. The minimum absolute atomic E-state index is 0.106. The van der Waals surface area contributed by atoms with Crippen LogP contribution in [0, 0.1) is 13.8 Å². The van der Waals surface area contributed by atoms with E-state index < -0.39 is 0 Å². The van der Waals surface area contributed by atoms with Crippen molar-refractivity contribution in [3.05, 3.63) is 76.6 Å². The van der Waals surface area contributed by atoms with Gasteiger partial charge < -0.3 is 9.80 Å². The SMILES string of the molecule is Cc1ccc(Cc2nsc(N3CCN(C(=O)c4ccc(C)cc4)C(C)C3)n2)cc1. The van der Waals surface area contributed by atoms with Crippen molar-refractivity contribution in [3.8, 4) is 0 Å². The molecule has 1 fully saturated rings. The lowest BCUT2D eigenvalue weighted by atomic mass is 10.1. The molecule has 6 heteroatoms. The van der Waals surface area contributed by atoms with Gasteiger partial charge in [-0.1, -0.05) is 47.5 Å². The number of hydrogen-bond acceptors (Lipinski definition) is 5. The first-order chi connectivity index (χ1) is 14.0. The van der Waals surface area contributed by atoms with Gasteiger partial charge in [-0.25, -0.2) is 4.98 Å². The lowest BCUT2D eigenvalue weighted by Crippen LogP contribution is -2.54. The number of carbonyl (C=O) groups excluding carboxylic acids is 1. The zero-order chi connectivity index (χ0) is 20.4. The molecule has 2 aromatic carbocycles. The third kappa shape index (κ3) is 4.48. The third-order valence-electron chi connectivity index (χ3n) is 5.40. The molecule has 1 unspecified atom stereocenters. The summed E-state index contributed by atoms with van der Waals surface area (Å²) in [5.41, 5.74) is 4.40. The van der Waals surface area contributed by atoms with Gasteiger partial charge in [-0.3, -0.25) is 4.79 Å². The van der Waals surface area contributed by atoms with E-state index in [0.29, 0.717) is 6.54 Å². The second kappa shape index (κ2) is 8.33. The molecule has 1 aliphatic rings. The van der Waals surface area contributed by atoms with Crippen LogP contribution < -0.4 is 4.90 Å². The molecule has 0 saturated carbocycles. The minimum atomic E-state index is 0.106. The van der Waals surface area contributed by atoms with Crippen molar-refractivity contribution >= 4 is 22.6 Å². The van der Waals surface area contributed by atoms with Crippen molar-refractivity contribution in [2.45, 2.75) is 33.2 Å². The maximum Gasteiger partial charge on any atom is 0.254 e. The molecule has 0 aliphatic carbocycles. The molecule has 0 N–H and O–H groups in total. The summed E-state index contributed by atoms with van der Waals surface area (Å²) >= 11 is 1.45. The summed E-state index contributed by atoms with van der Waals surface area (Å²) in [5, 5.41) is 0.946. The molecule has 150 valence electrons. The normalized spacial score (nSPS) is 16.9. The smallest absolute Gasteiger partial charge is 0.254 e. The van der Waals surface area contributed by atoms with Gasteiger partial charge in [-0.15, -0.1) is 0 Å². The van der Waals surface area contributed by atoms with E-state index in [2.05, 4.69) is 47.4 Å². The van der Waals surface area contributed by atoms with Gasteiger partial charge in [0.05, 0.1) is 0 Å². The fraction of sp³-hybridized carbons (Fsp3) is 0.348. The van der Waals surface area contributed by atoms with Crippen LogP contribution >= 0.6 is 11.5 Å². The van der Waals surface area contributed by atoms with Crippen LogP contribution in [0.15, 0.2) is 48.5 Å². The van der Waals surface area contributed by atoms with Gasteiger partial charge in [0.25, 0.3) is 5.91 Å². The first-order valence-electron chi connectivity index (χ1n) is 10.0. The number of benzene rings is 2. The van der Waals surface area contributed by atoms with Crippen molar-refractivity contribution in [3.63, 3.8) is 0 Å². The van der Waals surface area contributed by atoms with Crippen LogP contribution in [0.1, 0.15) is 39.8 Å². The fourth-order valence-electron chi connectivity index (χ4n) is 3.63. The highest BCUT2D eigenvalue weighted by Gasteiger charge is 2.29. The second-order valence-electron chi connectivity index (χ2n) is 7.82. The van der Waals surface area contributed by atoms with Crippen molar-refractivity contribution in [1.82, 2.24) is 14.3 Å². The number of amides is 1. The predicted molar refractivity (Wildman–Crippen MR) is 118 cm³/mol. The number of aromatic nitrogens is 2. The number of anilines is 1. The summed E-state index contributed by atoms with van der Waals surface area (Å²) < 4.78 is 4.55. The topological polar surface area (TPSA) is 49.3 Å². The molecule has 5 nitrogen and oxygen atoms in total. The maximum absolute atomic E-state index is 12.9. The summed E-state index contributed by atoms with van der Waals surface area (Å²) in [5.74, 6) is 0.967. The Balaban J connectivity index is 1.39. The van der Waals surface area contributed by atoms with E-state index in [1.165, 1.54) is 22.7 Å². The number of piperazine rings is 1. The number of hydrogen-bond donors (Lipinski definition) is 0. The molecule has 1 atom stereocenters. The standard InChI is InChI=1S/C23H26N4OS/c1-16-4-8-19(9-5-16)14-21-24-23(29-25-21)26-12-13-27(18(3)15-26)22(28)20-10-6-17(2)7-11-20/h4-11,18H,12-15H2,1-3H3. The Morgan fingerprint density at radius 3 is 2.34 bits per heavy atom. The second-order valence-corrected chi connectivity index (χ2v) is 8.55. The molecule has 4 rings (SSSR count). The predicted octanol–water partition coefficient (Wildman–Crippen LogP) is 4.10. The van der Waals surface area contributed by atoms with E-state index in [0.717, 1.165) is 41.6 Å². The van der Waals surface area contributed by atoms with E-state index in [1.807, 2.05) is 36.1 Å².